The number of aliphatic imine (C=N–C) groups is 1. The van der Waals surface area contributed by atoms with Gasteiger partial charge in [0.15, 0.2) is 12.4 Å². The molecule has 1 aromatic rings. The number of rotatable bonds is 2. The van der Waals surface area contributed by atoms with E-state index in [0.717, 1.165) is 6.34 Å². The van der Waals surface area contributed by atoms with Gasteiger partial charge in [-0.15, -0.1) is 0 Å². The molecule has 8 nitrogen and oxygen atoms in total. The van der Waals surface area contributed by atoms with E-state index in [2.05, 4.69) is 9.98 Å². The van der Waals surface area contributed by atoms with Gasteiger partial charge in [0.05, 0.1) is 5.41 Å². The zero-order valence-electron chi connectivity index (χ0n) is 11.0. The number of nitroso groups, excluding NO2 is 1. The molecule has 2 N–H and O–H groups in total. The van der Waals surface area contributed by atoms with Gasteiger partial charge in [0, 0.05) is 0 Å². The van der Waals surface area contributed by atoms with E-state index in [1.165, 1.54) is 10.9 Å². The average molecular weight is 266 g/mol. The van der Waals surface area contributed by atoms with Crippen molar-refractivity contribution in [3.8, 4) is 0 Å². The smallest absolute Gasteiger partial charge is 0.329 e. The minimum atomic E-state index is -0.900. The Labute approximate surface area is 109 Å². The molecule has 8 heteroatoms. The van der Waals surface area contributed by atoms with Crippen LogP contribution in [0.1, 0.15) is 32.6 Å². The lowest BCUT2D eigenvalue weighted by atomic mass is 9.98. The maximum Gasteiger partial charge on any atom is 0.329 e. The summed E-state index contributed by atoms with van der Waals surface area (Å²) >= 11 is 0. The van der Waals surface area contributed by atoms with E-state index in [9.17, 15) is 9.70 Å². The second kappa shape index (κ2) is 4.54. The minimum absolute atomic E-state index is 0.0461. The van der Waals surface area contributed by atoms with E-state index in [4.69, 9.17) is 10.5 Å². The maximum absolute atomic E-state index is 11.7. The number of esters is 1. The largest absolute Gasteiger partial charge is 0.443 e. The standard InChI is InChI=1S/C11H16N5O3/c1-11(2,3)10(17)19-6-15-4-13-9-7(15)8(12)16(18)5-14-9/h4-5,8H,6,12H2,1-3H3/q+1. The van der Waals surface area contributed by atoms with Crippen LogP contribution in [0.2, 0.25) is 0 Å². The van der Waals surface area contributed by atoms with Gasteiger partial charge in [-0.1, -0.05) is 4.91 Å². The molecule has 1 atom stereocenters. The van der Waals surface area contributed by atoms with Gasteiger partial charge in [0.2, 0.25) is 6.17 Å². The normalized spacial score (nSPS) is 18.3. The SMILES string of the molecule is CC(C)(C)C(=O)OCn1cnc2c1C(N)[N+](=O)C=N2. The molecular weight excluding hydrogens is 250 g/mol. The highest BCUT2D eigenvalue weighted by molar-refractivity contribution is 5.75. The Hall–Kier alpha value is -2.09. The Balaban J connectivity index is 2.16. The summed E-state index contributed by atoms with van der Waals surface area (Å²) in [5, 5.41) is 0. The van der Waals surface area contributed by atoms with Crippen molar-refractivity contribution in [2.45, 2.75) is 33.7 Å². The lowest BCUT2D eigenvalue weighted by molar-refractivity contribution is -0.476. The highest BCUT2D eigenvalue weighted by Gasteiger charge is 2.33. The molecule has 102 valence electrons. The summed E-state index contributed by atoms with van der Waals surface area (Å²) < 4.78 is 7.18. The first-order valence-corrected chi connectivity index (χ1v) is 5.78. The van der Waals surface area contributed by atoms with E-state index in [-0.39, 0.29) is 12.7 Å². The fraction of sp³-hybridized carbons (Fsp3) is 0.545. The van der Waals surface area contributed by atoms with Crippen molar-refractivity contribution in [3.05, 3.63) is 16.9 Å². The second-order valence-corrected chi connectivity index (χ2v) is 5.28. The lowest BCUT2D eigenvalue weighted by Crippen LogP contribution is -2.29. The van der Waals surface area contributed by atoms with Crippen molar-refractivity contribution in [1.29, 1.82) is 0 Å². The molecule has 0 fully saturated rings. The molecular formula is C11H16N5O3+. The summed E-state index contributed by atoms with van der Waals surface area (Å²) in [4.78, 5) is 30.9. The molecule has 0 spiro atoms. The number of nitrogens with two attached hydrogens (primary N) is 1. The number of fused-ring (bicyclic) bond motifs is 1. The molecule has 1 aliphatic rings. The molecule has 0 aliphatic carbocycles. The number of imidazole rings is 1. The number of hydrogen-bond donors (Lipinski definition) is 1. The Bertz CT molecular complexity index is 555. The molecule has 1 unspecified atom stereocenters. The second-order valence-electron chi connectivity index (χ2n) is 5.28. The van der Waals surface area contributed by atoms with Crippen LogP contribution in [0.3, 0.4) is 0 Å². The number of aromatic nitrogens is 2. The van der Waals surface area contributed by atoms with E-state index in [0.29, 0.717) is 16.3 Å². The molecule has 0 amide bonds. The molecule has 0 aromatic carbocycles. The third-order valence-corrected chi connectivity index (χ3v) is 2.65. The van der Waals surface area contributed by atoms with Crippen molar-refractivity contribution in [2.75, 3.05) is 0 Å². The van der Waals surface area contributed by atoms with Crippen LogP contribution in [-0.4, -0.2) is 26.6 Å². The molecule has 1 aromatic heterocycles. The number of ether oxygens (including phenoxy) is 1. The third-order valence-electron chi connectivity index (χ3n) is 2.65. The van der Waals surface area contributed by atoms with Crippen molar-refractivity contribution in [2.24, 2.45) is 16.1 Å². The first-order chi connectivity index (χ1) is 8.80. The maximum atomic E-state index is 11.7. The summed E-state index contributed by atoms with van der Waals surface area (Å²) in [6.45, 7) is 5.23. The van der Waals surface area contributed by atoms with Crippen LogP contribution < -0.4 is 5.73 Å². The quantitative estimate of drug-likeness (QED) is 0.631. The highest BCUT2D eigenvalue weighted by Crippen LogP contribution is 2.26. The van der Waals surface area contributed by atoms with Crippen molar-refractivity contribution < 1.29 is 14.3 Å². The Morgan fingerprint density at radius 3 is 2.89 bits per heavy atom. The van der Waals surface area contributed by atoms with Gasteiger partial charge in [-0.05, 0) is 30.5 Å². The van der Waals surface area contributed by atoms with Crippen LogP contribution >= 0.6 is 0 Å². The van der Waals surface area contributed by atoms with E-state index < -0.39 is 11.6 Å². The summed E-state index contributed by atoms with van der Waals surface area (Å²) in [7, 11) is 0. The number of carbonyl (C=O) groups excluding carboxylic acids is 1. The number of hydrogen-bond acceptors (Lipinski definition) is 6. The topological polar surface area (TPSA) is 103 Å². The van der Waals surface area contributed by atoms with Crippen LogP contribution in [-0.2, 0) is 16.3 Å². The summed E-state index contributed by atoms with van der Waals surface area (Å²) in [5.41, 5.74) is 5.59. The predicted octanol–water partition coefficient (Wildman–Crippen LogP) is 0.839. The first-order valence-electron chi connectivity index (χ1n) is 5.78. The van der Waals surface area contributed by atoms with E-state index in [1.807, 2.05) is 0 Å². The van der Waals surface area contributed by atoms with Gasteiger partial charge >= 0.3 is 12.3 Å². The highest BCUT2D eigenvalue weighted by atomic mass is 16.5. The fourth-order valence-electron chi connectivity index (χ4n) is 1.53. The summed E-state index contributed by atoms with van der Waals surface area (Å²) in [6, 6.07) is 0. The Morgan fingerprint density at radius 1 is 1.58 bits per heavy atom. The van der Waals surface area contributed by atoms with E-state index >= 15 is 0 Å². The minimum Gasteiger partial charge on any atom is -0.443 e. The van der Waals surface area contributed by atoms with Crippen LogP contribution in [0.15, 0.2) is 11.3 Å². The summed E-state index contributed by atoms with van der Waals surface area (Å²) in [5.74, 6) is 0.0215. The number of carbonyl (C=O) groups is 1. The summed E-state index contributed by atoms with van der Waals surface area (Å²) in [6.07, 6.45) is 1.62. The molecule has 1 aliphatic heterocycles. The van der Waals surface area contributed by atoms with Gasteiger partial charge in [-0.25, -0.2) is 0 Å². The predicted molar refractivity (Wildman–Crippen MR) is 66.5 cm³/mol. The lowest BCUT2D eigenvalue weighted by Gasteiger charge is -2.18. The zero-order chi connectivity index (χ0) is 14.2. The molecule has 0 bridgehead atoms. The van der Waals surface area contributed by atoms with Crippen molar-refractivity contribution >= 4 is 18.1 Å². The molecule has 19 heavy (non-hydrogen) atoms. The molecule has 0 radical (unpaired) electrons. The zero-order valence-corrected chi connectivity index (χ0v) is 11.0. The Morgan fingerprint density at radius 2 is 2.26 bits per heavy atom. The fourth-order valence-corrected chi connectivity index (χ4v) is 1.53. The van der Waals surface area contributed by atoms with Crippen LogP contribution in [0.25, 0.3) is 0 Å². The van der Waals surface area contributed by atoms with Crippen molar-refractivity contribution in [3.63, 3.8) is 0 Å². The van der Waals surface area contributed by atoms with Crippen molar-refractivity contribution in [1.82, 2.24) is 9.55 Å². The van der Waals surface area contributed by atoms with Crippen LogP contribution in [0, 0.1) is 10.3 Å². The Kier molecular flexibility index (Phi) is 3.19. The van der Waals surface area contributed by atoms with E-state index in [1.54, 1.807) is 20.8 Å². The first kappa shape index (κ1) is 13.3. The molecule has 2 rings (SSSR count). The average Bonchev–Trinajstić information content (AvgIpc) is 2.73. The van der Waals surface area contributed by atoms with Gasteiger partial charge in [0.25, 0.3) is 5.82 Å². The third kappa shape index (κ3) is 2.53. The molecule has 0 saturated heterocycles. The van der Waals surface area contributed by atoms with Gasteiger partial charge < -0.3 is 4.74 Å². The van der Waals surface area contributed by atoms with Crippen LogP contribution in [0.5, 0.6) is 0 Å². The van der Waals surface area contributed by atoms with Gasteiger partial charge in [-0.3, -0.25) is 15.1 Å². The van der Waals surface area contributed by atoms with Gasteiger partial charge in [-0.2, -0.15) is 4.98 Å². The monoisotopic (exact) mass is 266 g/mol. The number of nitrogens with zero attached hydrogens (tertiary/aromatic N) is 4. The van der Waals surface area contributed by atoms with Gasteiger partial charge in [0.1, 0.15) is 6.33 Å². The molecule has 0 saturated carbocycles. The molecule has 2 heterocycles. The van der Waals surface area contributed by atoms with Crippen LogP contribution in [0.4, 0.5) is 5.82 Å².